The van der Waals surface area contributed by atoms with Crippen LogP contribution in [0.4, 0.5) is 5.69 Å². The first kappa shape index (κ1) is 19.8. The van der Waals surface area contributed by atoms with E-state index in [1.54, 1.807) is 18.3 Å². The van der Waals surface area contributed by atoms with E-state index in [0.717, 1.165) is 22.3 Å². The molecule has 0 aliphatic carbocycles. The summed E-state index contributed by atoms with van der Waals surface area (Å²) in [7, 11) is 0. The lowest BCUT2D eigenvalue weighted by atomic mass is 10.1. The number of carboxylic acids is 1. The van der Waals surface area contributed by atoms with Gasteiger partial charge in [0.05, 0.1) is 40.5 Å². The van der Waals surface area contributed by atoms with Crippen LogP contribution in [0.2, 0.25) is 5.02 Å². The first-order chi connectivity index (χ1) is 15.0. The van der Waals surface area contributed by atoms with Crippen molar-refractivity contribution >= 4 is 45.2 Å². The highest BCUT2D eigenvalue weighted by Crippen LogP contribution is 2.34. The van der Waals surface area contributed by atoms with Crippen molar-refractivity contribution in [2.24, 2.45) is 0 Å². The maximum Gasteiger partial charge on any atom is 0.338 e. The Kier molecular flexibility index (Phi) is 4.79. The topological polar surface area (TPSA) is 80.5 Å². The lowest BCUT2D eigenvalue weighted by Gasteiger charge is -2.35. The molecular formula is C23H21ClN4O3. The fourth-order valence-electron chi connectivity index (χ4n) is 4.34. The Bertz CT molecular complexity index is 1330. The highest BCUT2D eigenvalue weighted by Gasteiger charge is 2.24. The summed E-state index contributed by atoms with van der Waals surface area (Å²) in [6.07, 6.45) is 1.71. The zero-order chi connectivity index (χ0) is 21.7. The van der Waals surface area contributed by atoms with Gasteiger partial charge in [-0.05, 0) is 38.1 Å². The number of ether oxygens (including phenoxy) is 1. The van der Waals surface area contributed by atoms with Crippen LogP contribution in [-0.4, -0.2) is 51.4 Å². The van der Waals surface area contributed by atoms with Crippen molar-refractivity contribution in [3.63, 3.8) is 0 Å². The van der Waals surface area contributed by atoms with Crippen LogP contribution in [0, 0.1) is 6.92 Å². The maximum atomic E-state index is 12.1. The summed E-state index contributed by atoms with van der Waals surface area (Å²) >= 11 is 6.37. The second-order valence-electron chi connectivity index (χ2n) is 7.74. The summed E-state index contributed by atoms with van der Waals surface area (Å²) in [6.45, 7) is 5.86. The number of halogens is 1. The highest BCUT2D eigenvalue weighted by atomic mass is 35.5. The summed E-state index contributed by atoms with van der Waals surface area (Å²) in [5.74, 6) is -0.308. The Labute approximate surface area is 183 Å². The van der Waals surface area contributed by atoms with Crippen molar-refractivity contribution in [1.29, 1.82) is 0 Å². The van der Waals surface area contributed by atoms with Crippen molar-refractivity contribution in [2.45, 2.75) is 19.9 Å². The Morgan fingerprint density at radius 1 is 1.26 bits per heavy atom. The quantitative estimate of drug-likeness (QED) is 0.510. The molecule has 3 heterocycles. The van der Waals surface area contributed by atoms with Crippen molar-refractivity contribution in [3.8, 4) is 5.69 Å². The molecule has 2 aromatic heterocycles. The van der Waals surface area contributed by atoms with Gasteiger partial charge in [-0.25, -0.2) is 9.78 Å². The average molecular weight is 437 g/mol. The van der Waals surface area contributed by atoms with Gasteiger partial charge in [0.25, 0.3) is 0 Å². The molecule has 1 fully saturated rings. The molecule has 1 N–H and O–H groups in total. The number of hydrogen-bond donors (Lipinski definition) is 1. The van der Waals surface area contributed by atoms with Crippen LogP contribution in [0.3, 0.4) is 0 Å². The van der Waals surface area contributed by atoms with Crippen LogP contribution in [0.1, 0.15) is 23.1 Å². The third-order valence-electron chi connectivity index (χ3n) is 5.78. The van der Waals surface area contributed by atoms with Gasteiger partial charge in [0.2, 0.25) is 0 Å². The number of pyridine rings is 1. The predicted molar refractivity (Wildman–Crippen MR) is 121 cm³/mol. The molecule has 0 spiro atoms. The molecule has 158 valence electrons. The van der Waals surface area contributed by atoms with Crippen LogP contribution in [0.15, 0.2) is 42.6 Å². The number of nitrogens with zero attached hydrogens (tertiary/aromatic N) is 4. The SMILES string of the molecule is Cc1nc2c(C(=O)O)cc(N3CCOC[C@@H]3C)cc2n1-c1ccnc2c(Cl)cccc12. The minimum atomic E-state index is -1.000. The highest BCUT2D eigenvalue weighted by molar-refractivity contribution is 6.35. The fourth-order valence-corrected chi connectivity index (χ4v) is 4.57. The molecule has 0 saturated carbocycles. The van der Waals surface area contributed by atoms with Gasteiger partial charge < -0.3 is 14.7 Å². The number of benzene rings is 2. The molecule has 0 radical (unpaired) electrons. The van der Waals surface area contributed by atoms with E-state index >= 15 is 0 Å². The van der Waals surface area contributed by atoms with E-state index in [4.69, 9.17) is 16.3 Å². The van der Waals surface area contributed by atoms with E-state index in [0.29, 0.717) is 41.6 Å². The third kappa shape index (κ3) is 3.21. The van der Waals surface area contributed by atoms with Gasteiger partial charge in [0.1, 0.15) is 11.3 Å². The van der Waals surface area contributed by atoms with Crippen LogP contribution in [-0.2, 0) is 4.74 Å². The third-order valence-corrected chi connectivity index (χ3v) is 6.09. The molecule has 5 rings (SSSR count). The largest absolute Gasteiger partial charge is 0.478 e. The number of aryl methyl sites for hydroxylation is 1. The summed E-state index contributed by atoms with van der Waals surface area (Å²) in [5, 5.41) is 11.4. The van der Waals surface area contributed by atoms with Crippen LogP contribution in [0.5, 0.6) is 0 Å². The number of morpholine rings is 1. The van der Waals surface area contributed by atoms with E-state index in [9.17, 15) is 9.90 Å². The Hall–Kier alpha value is -3.16. The smallest absolute Gasteiger partial charge is 0.338 e. The molecular weight excluding hydrogens is 416 g/mol. The Balaban J connectivity index is 1.82. The molecule has 4 aromatic rings. The normalized spacial score (nSPS) is 16.9. The number of fused-ring (bicyclic) bond motifs is 2. The summed E-state index contributed by atoms with van der Waals surface area (Å²) in [4.78, 5) is 23.4. The minimum absolute atomic E-state index is 0.144. The number of imidazole rings is 1. The van der Waals surface area contributed by atoms with E-state index in [1.165, 1.54) is 0 Å². The molecule has 7 nitrogen and oxygen atoms in total. The molecule has 1 atom stereocenters. The number of aromatic nitrogens is 3. The number of rotatable bonds is 3. The van der Waals surface area contributed by atoms with Crippen molar-refractivity contribution < 1.29 is 14.6 Å². The van der Waals surface area contributed by atoms with Crippen LogP contribution >= 0.6 is 11.6 Å². The molecule has 1 saturated heterocycles. The number of hydrogen-bond acceptors (Lipinski definition) is 5. The number of anilines is 1. The van der Waals surface area contributed by atoms with E-state index in [-0.39, 0.29) is 11.6 Å². The van der Waals surface area contributed by atoms with Crippen LogP contribution in [0.25, 0.3) is 27.6 Å². The molecule has 0 amide bonds. The zero-order valence-electron chi connectivity index (χ0n) is 17.2. The van der Waals surface area contributed by atoms with Crippen LogP contribution < -0.4 is 4.90 Å². The number of carboxylic acid groups (broad SMARTS) is 1. The molecule has 2 aromatic carbocycles. The van der Waals surface area contributed by atoms with E-state index in [1.807, 2.05) is 35.8 Å². The first-order valence-electron chi connectivity index (χ1n) is 10.1. The van der Waals surface area contributed by atoms with E-state index in [2.05, 4.69) is 21.8 Å². The average Bonchev–Trinajstić information content (AvgIpc) is 3.08. The molecule has 0 unspecified atom stereocenters. The molecule has 1 aliphatic rings. The summed E-state index contributed by atoms with van der Waals surface area (Å²) in [5.41, 5.74) is 3.78. The second kappa shape index (κ2) is 7.51. The van der Waals surface area contributed by atoms with Crippen molar-refractivity contribution in [3.05, 3.63) is 59.0 Å². The Morgan fingerprint density at radius 2 is 2.10 bits per heavy atom. The number of carbonyl (C=O) groups is 1. The lowest BCUT2D eigenvalue weighted by Crippen LogP contribution is -2.43. The van der Waals surface area contributed by atoms with Gasteiger partial charge in [-0.15, -0.1) is 0 Å². The minimum Gasteiger partial charge on any atom is -0.478 e. The maximum absolute atomic E-state index is 12.1. The second-order valence-corrected chi connectivity index (χ2v) is 8.15. The van der Waals surface area contributed by atoms with E-state index < -0.39 is 5.97 Å². The number of aromatic carboxylic acids is 1. The summed E-state index contributed by atoms with van der Waals surface area (Å²) in [6, 6.07) is 11.4. The van der Waals surface area contributed by atoms with Crippen molar-refractivity contribution in [2.75, 3.05) is 24.7 Å². The number of para-hydroxylation sites is 1. The van der Waals surface area contributed by atoms with Gasteiger partial charge in [-0.2, -0.15) is 0 Å². The van der Waals surface area contributed by atoms with Crippen molar-refractivity contribution in [1.82, 2.24) is 14.5 Å². The van der Waals surface area contributed by atoms with Gasteiger partial charge in [-0.3, -0.25) is 9.55 Å². The standard InChI is InChI=1S/C23H21ClN4O3/c1-13-12-31-9-8-27(13)15-10-17(23(29)30)22-20(11-15)28(14(2)26-22)19-6-7-25-21-16(19)4-3-5-18(21)24/h3-7,10-11,13H,8-9,12H2,1-2H3,(H,29,30)/t13-/m0/s1. The van der Waals surface area contributed by atoms with Gasteiger partial charge in [0, 0.05) is 29.9 Å². The van der Waals surface area contributed by atoms with Gasteiger partial charge in [0.15, 0.2) is 0 Å². The Morgan fingerprint density at radius 3 is 2.87 bits per heavy atom. The molecule has 8 heteroatoms. The lowest BCUT2D eigenvalue weighted by molar-refractivity contribution is 0.0698. The molecule has 31 heavy (non-hydrogen) atoms. The monoisotopic (exact) mass is 436 g/mol. The van der Waals surface area contributed by atoms with Gasteiger partial charge in [-0.1, -0.05) is 23.7 Å². The first-order valence-corrected chi connectivity index (χ1v) is 10.5. The molecule has 0 bridgehead atoms. The molecule has 1 aliphatic heterocycles. The fraction of sp³-hybridized carbons (Fsp3) is 0.261. The summed E-state index contributed by atoms with van der Waals surface area (Å²) < 4.78 is 7.54. The predicted octanol–water partition coefficient (Wildman–Crippen LogP) is 4.46. The zero-order valence-corrected chi connectivity index (χ0v) is 17.9. The van der Waals surface area contributed by atoms with Gasteiger partial charge >= 0.3 is 5.97 Å².